The highest BCUT2D eigenvalue weighted by Crippen LogP contribution is 2.11. The third-order valence-electron chi connectivity index (χ3n) is 6.63. The zero-order chi connectivity index (χ0) is 32.0. The molecule has 3 amide bonds. The van der Waals surface area contributed by atoms with Gasteiger partial charge in [-0.15, -0.1) is 0 Å². The van der Waals surface area contributed by atoms with Gasteiger partial charge in [-0.1, -0.05) is 111 Å². The molecule has 0 fully saturated rings. The first kappa shape index (κ1) is 34.1. The van der Waals surface area contributed by atoms with Crippen molar-refractivity contribution in [2.24, 2.45) is 5.92 Å². The predicted octanol–water partition coefficient (Wildman–Crippen LogP) is 4.34. The van der Waals surface area contributed by atoms with Gasteiger partial charge < -0.3 is 20.7 Å². The summed E-state index contributed by atoms with van der Waals surface area (Å²) in [6, 6.07) is 25.2. The van der Waals surface area contributed by atoms with Crippen LogP contribution >= 0.6 is 0 Å². The topological polar surface area (TPSA) is 131 Å². The molecule has 3 N–H and O–H groups in total. The van der Waals surface area contributed by atoms with E-state index in [2.05, 4.69) is 16.0 Å². The van der Waals surface area contributed by atoms with Gasteiger partial charge in [-0.2, -0.15) is 0 Å². The monoisotopic (exact) mass is 619 g/mol. The van der Waals surface area contributed by atoms with Crippen molar-refractivity contribution in [1.29, 1.82) is 0 Å². The van der Waals surface area contributed by atoms with Crippen LogP contribution in [0, 0.1) is 5.92 Å². The number of carbonyl (C=O) groups excluding carboxylic acids is 3. The van der Waals surface area contributed by atoms with Gasteiger partial charge in [0.25, 0.3) is 0 Å². The number of alkyl carbamates (subject to hydrolysis) is 1. The summed E-state index contributed by atoms with van der Waals surface area (Å²) >= 11 is 0. The largest absolute Gasteiger partial charge is 0.445 e. The zero-order valence-electron chi connectivity index (χ0n) is 25.3. The summed E-state index contributed by atoms with van der Waals surface area (Å²) in [4.78, 5) is 39.9. The Morgan fingerprint density at radius 3 is 1.73 bits per heavy atom. The lowest BCUT2D eigenvalue weighted by atomic mass is 10.0. The van der Waals surface area contributed by atoms with Crippen LogP contribution in [-0.2, 0) is 43.6 Å². The van der Waals surface area contributed by atoms with E-state index in [0.29, 0.717) is 12.8 Å². The molecule has 10 heteroatoms. The van der Waals surface area contributed by atoms with E-state index in [1.54, 1.807) is 0 Å². The van der Waals surface area contributed by atoms with Gasteiger partial charge in [-0.3, -0.25) is 9.59 Å². The molecule has 0 radical (unpaired) electrons. The van der Waals surface area contributed by atoms with Crippen molar-refractivity contribution in [2.45, 2.75) is 57.8 Å². The Morgan fingerprint density at radius 2 is 1.20 bits per heavy atom. The maximum absolute atomic E-state index is 13.7. The molecular formula is C34H41N3O6S. The first-order valence-corrected chi connectivity index (χ1v) is 16.5. The fourth-order valence-electron chi connectivity index (χ4n) is 4.50. The molecule has 0 aliphatic heterocycles. The molecule has 44 heavy (non-hydrogen) atoms. The van der Waals surface area contributed by atoms with Crippen LogP contribution in [0.25, 0.3) is 0 Å². The van der Waals surface area contributed by atoms with Crippen LogP contribution < -0.4 is 16.0 Å². The van der Waals surface area contributed by atoms with Gasteiger partial charge in [0, 0.05) is 18.1 Å². The fraction of sp³-hybridized carbons (Fsp3) is 0.324. The number of ether oxygens (including phenoxy) is 1. The third-order valence-corrected chi connectivity index (χ3v) is 7.28. The number of nitrogens with one attached hydrogen (secondary N) is 3. The van der Waals surface area contributed by atoms with E-state index in [-0.39, 0.29) is 18.9 Å². The molecule has 3 aromatic rings. The second-order valence-corrected chi connectivity index (χ2v) is 13.0. The van der Waals surface area contributed by atoms with Gasteiger partial charge >= 0.3 is 6.09 Å². The van der Waals surface area contributed by atoms with Crippen molar-refractivity contribution in [1.82, 2.24) is 16.0 Å². The molecule has 0 saturated heterocycles. The summed E-state index contributed by atoms with van der Waals surface area (Å²) in [6.07, 6.45) is 2.62. The van der Waals surface area contributed by atoms with Crippen molar-refractivity contribution in [3.8, 4) is 0 Å². The number of hydrogen-bond donors (Lipinski definition) is 3. The van der Waals surface area contributed by atoms with E-state index < -0.39 is 45.9 Å². The van der Waals surface area contributed by atoms with Crippen LogP contribution in [0.1, 0.15) is 37.0 Å². The van der Waals surface area contributed by atoms with Gasteiger partial charge in [-0.25, -0.2) is 13.2 Å². The molecule has 0 saturated carbocycles. The summed E-state index contributed by atoms with van der Waals surface area (Å²) in [6.45, 7) is 3.90. The standard InChI is InChI=1S/C34H41N3O6S/c1-25(2)21-30(37-34(40)43-24-28-17-11-6-12-18-28)33(39)36-31(23-27-15-9-5-10-16-27)32(38)35-29(19-20-44(3,41)42)22-26-13-7-4-8-14-26/h4-20,25,29-31H,21-24H2,1-3H3,(H,35,38)(H,36,39)(H,37,40)/b20-19+/t29-,30+,31+/m1/s1. The highest BCUT2D eigenvalue weighted by atomic mass is 32.2. The quantitative estimate of drug-likeness (QED) is 0.232. The molecule has 0 heterocycles. The number of hydrogen-bond acceptors (Lipinski definition) is 6. The second-order valence-electron chi connectivity index (χ2n) is 11.1. The molecule has 0 unspecified atom stereocenters. The Bertz CT molecular complexity index is 1480. The van der Waals surface area contributed by atoms with Gasteiger partial charge in [-0.05, 0) is 35.4 Å². The average Bonchev–Trinajstić information content (AvgIpc) is 2.99. The minimum atomic E-state index is -3.45. The maximum Gasteiger partial charge on any atom is 0.408 e. The summed E-state index contributed by atoms with van der Waals surface area (Å²) < 4.78 is 29.1. The van der Waals surface area contributed by atoms with Crippen molar-refractivity contribution in [2.75, 3.05) is 6.26 Å². The minimum absolute atomic E-state index is 0.0472. The molecule has 9 nitrogen and oxygen atoms in total. The lowest BCUT2D eigenvalue weighted by Gasteiger charge is -2.25. The van der Waals surface area contributed by atoms with Crippen LogP contribution in [-0.4, -0.2) is 50.7 Å². The molecule has 0 spiro atoms. The van der Waals surface area contributed by atoms with E-state index in [9.17, 15) is 22.8 Å². The summed E-state index contributed by atoms with van der Waals surface area (Å²) in [5, 5.41) is 9.45. The Labute approximate surface area is 260 Å². The summed E-state index contributed by atoms with van der Waals surface area (Å²) in [5.74, 6) is -0.966. The van der Waals surface area contributed by atoms with Crippen LogP contribution in [0.5, 0.6) is 0 Å². The first-order valence-electron chi connectivity index (χ1n) is 14.5. The van der Waals surface area contributed by atoms with E-state index in [1.807, 2.05) is 105 Å². The van der Waals surface area contributed by atoms with Gasteiger partial charge in [0.1, 0.15) is 18.7 Å². The molecule has 0 bridgehead atoms. The van der Waals surface area contributed by atoms with Crippen LogP contribution in [0.4, 0.5) is 4.79 Å². The fourth-order valence-corrected chi connectivity index (χ4v) is 4.97. The van der Waals surface area contributed by atoms with Crippen LogP contribution in [0.15, 0.2) is 102 Å². The number of carbonyl (C=O) groups is 3. The summed E-state index contributed by atoms with van der Waals surface area (Å²) in [7, 11) is -3.45. The maximum atomic E-state index is 13.7. The average molecular weight is 620 g/mol. The van der Waals surface area contributed by atoms with E-state index in [1.165, 1.54) is 6.08 Å². The highest BCUT2D eigenvalue weighted by molar-refractivity contribution is 7.93. The van der Waals surface area contributed by atoms with Crippen molar-refractivity contribution >= 4 is 27.7 Å². The Balaban J connectivity index is 1.78. The molecular weight excluding hydrogens is 578 g/mol. The van der Waals surface area contributed by atoms with Gasteiger partial charge in [0.15, 0.2) is 9.84 Å². The lowest BCUT2D eigenvalue weighted by Crippen LogP contribution is -2.56. The molecule has 234 valence electrons. The van der Waals surface area contributed by atoms with E-state index in [0.717, 1.165) is 28.4 Å². The third kappa shape index (κ3) is 12.8. The Hall–Kier alpha value is -4.44. The van der Waals surface area contributed by atoms with E-state index >= 15 is 0 Å². The normalized spacial score (nSPS) is 13.5. The van der Waals surface area contributed by atoms with Crippen molar-refractivity contribution in [3.63, 3.8) is 0 Å². The molecule has 0 aromatic heterocycles. The smallest absolute Gasteiger partial charge is 0.408 e. The molecule has 3 rings (SSSR count). The SMILES string of the molecule is CC(C)C[C@H](NC(=O)OCc1ccccc1)C(=O)N[C@@H](Cc1ccccc1)C(=O)N[C@H](/C=C/S(C)(=O)=O)Cc1ccccc1. The number of rotatable bonds is 15. The lowest BCUT2D eigenvalue weighted by molar-refractivity contribution is -0.130. The second kappa shape index (κ2) is 17.0. The first-order chi connectivity index (χ1) is 21.0. The predicted molar refractivity (Wildman–Crippen MR) is 171 cm³/mol. The van der Waals surface area contributed by atoms with Crippen LogP contribution in [0.2, 0.25) is 0 Å². The minimum Gasteiger partial charge on any atom is -0.445 e. The van der Waals surface area contributed by atoms with Crippen molar-refractivity contribution < 1.29 is 27.5 Å². The van der Waals surface area contributed by atoms with Gasteiger partial charge in [0.2, 0.25) is 11.8 Å². The zero-order valence-corrected chi connectivity index (χ0v) is 26.1. The van der Waals surface area contributed by atoms with Crippen molar-refractivity contribution in [3.05, 3.63) is 119 Å². The summed E-state index contributed by atoms with van der Waals surface area (Å²) in [5.41, 5.74) is 2.52. The highest BCUT2D eigenvalue weighted by Gasteiger charge is 2.29. The van der Waals surface area contributed by atoms with Crippen LogP contribution in [0.3, 0.4) is 0 Å². The Morgan fingerprint density at radius 1 is 0.705 bits per heavy atom. The van der Waals surface area contributed by atoms with E-state index in [4.69, 9.17) is 4.74 Å². The molecule has 3 atom stereocenters. The number of sulfone groups is 1. The molecule has 3 aromatic carbocycles. The number of amides is 3. The van der Waals surface area contributed by atoms with Gasteiger partial charge in [0.05, 0.1) is 6.04 Å². The molecule has 0 aliphatic carbocycles. The molecule has 0 aliphatic rings. The Kier molecular flexibility index (Phi) is 13.2. The number of benzene rings is 3.